The summed E-state index contributed by atoms with van der Waals surface area (Å²) in [6, 6.07) is 5.23. The van der Waals surface area contributed by atoms with Gasteiger partial charge in [-0.1, -0.05) is 6.07 Å². The van der Waals surface area contributed by atoms with Crippen LogP contribution in [0.25, 0.3) is 10.2 Å². The normalized spacial score (nSPS) is 13.5. The summed E-state index contributed by atoms with van der Waals surface area (Å²) >= 11 is 1.74. The van der Waals surface area contributed by atoms with Crippen LogP contribution in [0, 0.1) is 6.92 Å². The number of anilines is 1. The third-order valence-electron chi connectivity index (χ3n) is 4.12. The second-order valence-electron chi connectivity index (χ2n) is 5.80. The van der Waals surface area contributed by atoms with E-state index in [1.165, 1.54) is 23.3 Å². The summed E-state index contributed by atoms with van der Waals surface area (Å²) < 4.78 is 0. The first-order valence-electron chi connectivity index (χ1n) is 7.98. The lowest BCUT2D eigenvalue weighted by Crippen LogP contribution is -2.30. The molecule has 7 heteroatoms. The van der Waals surface area contributed by atoms with Crippen LogP contribution in [0.2, 0.25) is 0 Å². The number of nitrogens with one attached hydrogen (secondary N) is 2. The Labute approximate surface area is 143 Å². The topological polar surface area (TPSA) is 79.8 Å². The molecular formula is C17H17N5OS. The highest BCUT2D eigenvalue weighted by Gasteiger charge is 2.21. The highest BCUT2D eigenvalue weighted by molar-refractivity contribution is 7.19. The Hall–Kier alpha value is -2.54. The number of pyridine rings is 1. The summed E-state index contributed by atoms with van der Waals surface area (Å²) in [5.74, 6) is 1.07. The van der Waals surface area contributed by atoms with Crippen molar-refractivity contribution >= 4 is 33.3 Å². The molecule has 3 aromatic rings. The first-order chi connectivity index (χ1) is 11.7. The zero-order chi connectivity index (χ0) is 16.5. The first-order valence-corrected chi connectivity index (χ1v) is 8.80. The number of rotatable bonds is 3. The van der Waals surface area contributed by atoms with Crippen molar-refractivity contribution in [2.45, 2.75) is 32.6 Å². The van der Waals surface area contributed by atoms with Gasteiger partial charge in [0.25, 0.3) is 5.91 Å². The third kappa shape index (κ3) is 2.71. The Morgan fingerprint density at radius 1 is 1.21 bits per heavy atom. The maximum atomic E-state index is 12.2. The fourth-order valence-corrected chi connectivity index (χ4v) is 4.34. The Balaban J connectivity index is 1.66. The summed E-state index contributed by atoms with van der Waals surface area (Å²) in [6.07, 6.45) is 6.16. The average molecular weight is 339 g/mol. The van der Waals surface area contributed by atoms with Crippen LogP contribution in [-0.4, -0.2) is 20.9 Å². The number of aryl methyl sites for hydroxylation is 3. The quantitative estimate of drug-likeness (QED) is 0.717. The van der Waals surface area contributed by atoms with Gasteiger partial charge in [0, 0.05) is 11.1 Å². The molecule has 0 aromatic carbocycles. The van der Waals surface area contributed by atoms with Gasteiger partial charge in [-0.05, 0) is 50.3 Å². The summed E-state index contributed by atoms with van der Waals surface area (Å²) in [5, 5.41) is 1.04. The predicted octanol–water partition coefficient (Wildman–Crippen LogP) is 3.03. The zero-order valence-electron chi connectivity index (χ0n) is 13.3. The fraction of sp³-hybridized carbons (Fsp3) is 0.294. The lowest BCUT2D eigenvalue weighted by molar-refractivity contribution is 0.0957. The summed E-state index contributed by atoms with van der Waals surface area (Å²) in [4.78, 5) is 27.7. The van der Waals surface area contributed by atoms with Crippen molar-refractivity contribution in [3.63, 3.8) is 0 Å². The molecule has 2 N–H and O–H groups in total. The minimum atomic E-state index is -0.288. The number of hydrogen-bond acceptors (Lipinski definition) is 6. The Bertz CT molecular complexity index is 906. The van der Waals surface area contributed by atoms with Crippen molar-refractivity contribution in [1.82, 2.24) is 20.4 Å². The second kappa shape index (κ2) is 6.16. The van der Waals surface area contributed by atoms with Gasteiger partial charge in [-0.2, -0.15) is 0 Å². The molecule has 0 fully saturated rings. The fourth-order valence-electron chi connectivity index (χ4n) is 3.03. The van der Waals surface area contributed by atoms with Crippen LogP contribution in [0.5, 0.6) is 0 Å². The van der Waals surface area contributed by atoms with Crippen molar-refractivity contribution in [3.8, 4) is 0 Å². The van der Waals surface area contributed by atoms with Gasteiger partial charge in [-0.25, -0.2) is 9.97 Å². The Morgan fingerprint density at radius 2 is 2.08 bits per heavy atom. The maximum Gasteiger partial charge on any atom is 0.288 e. The molecule has 0 bridgehead atoms. The van der Waals surface area contributed by atoms with Crippen LogP contribution in [0.1, 0.15) is 39.6 Å². The molecule has 24 heavy (non-hydrogen) atoms. The van der Waals surface area contributed by atoms with Crippen LogP contribution in [0.15, 0.2) is 24.4 Å². The van der Waals surface area contributed by atoms with Gasteiger partial charge in [0.2, 0.25) is 0 Å². The van der Waals surface area contributed by atoms with E-state index in [9.17, 15) is 4.79 Å². The van der Waals surface area contributed by atoms with E-state index < -0.39 is 0 Å². The minimum Gasteiger partial charge on any atom is -0.281 e. The molecule has 3 heterocycles. The van der Waals surface area contributed by atoms with Crippen LogP contribution < -0.4 is 10.9 Å². The van der Waals surface area contributed by atoms with Gasteiger partial charge < -0.3 is 0 Å². The lowest BCUT2D eigenvalue weighted by Gasteiger charge is -2.13. The van der Waals surface area contributed by atoms with E-state index in [2.05, 4.69) is 25.8 Å². The van der Waals surface area contributed by atoms with Gasteiger partial charge in [0.05, 0.1) is 5.39 Å². The minimum absolute atomic E-state index is 0.288. The number of amides is 1. The van der Waals surface area contributed by atoms with Crippen molar-refractivity contribution in [1.29, 1.82) is 0 Å². The van der Waals surface area contributed by atoms with Gasteiger partial charge in [-0.15, -0.1) is 11.3 Å². The number of fused-ring (bicyclic) bond motifs is 3. The number of aromatic nitrogens is 3. The molecule has 1 aliphatic rings. The van der Waals surface area contributed by atoms with Gasteiger partial charge in [0.1, 0.15) is 16.3 Å². The van der Waals surface area contributed by atoms with Crippen LogP contribution in [0.3, 0.4) is 0 Å². The van der Waals surface area contributed by atoms with E-state index in [0.29, 0.717) is 17.3 Å². The second-order valence-corrected chi connectivity index (χ2v) is 6.89. The predicted molar refractivity (Wildman–Crippen MR) is 94.1 cm³/mol. The highest BCUT2D eigenvalue weighted by atomic mass is 32.1. The standard InChI is InChI=1S/C17H17N5OS/c1-10-19-15(21-22-16(23)12-7-4-5-9-18-12)14-11-6-2-3-8-13(11)24-17(14)20-10/h4-5,7,9H,2-3,6,8H2,1H3,(H,22,23)(H,19,20,21). The van der Waals surface area contributed by atoms with E-state index in [1.807, 2.05) is 6.92 Å². The number of thiophene rings is 1. The molecule has 0 radical (unpaired) electrons. The molecule has 122 valence electrons. The molecule has 1 aliphatic carbocycles. The molecule has 0 aliphatic heterocycles. The lowest BCUT2D eigenvalue weighted by atomic mass is 9.97. The number of carbonyl (C=O) groups excluding carboxylic acids is 1. The molecule has 6 nitrogen and oxygen atoms in total. The molecule has 0 saturated heterocycles. The van der Waals surface area contributed by atoms with Crippen LogP contribution in [-0.2, 0) is 12.8 Å². The van der Waals surface area contributed by atoms with E-state index in [1.54, 1.807) is 35.7 Å². The highest BCUT2D eigenvalue weighted by Crippen LogP contribution is 2.38. The molecular weight excluding hydrogens is 322 g/mol. The summed E-state index contributed by atoms with van der Waals surface area (Å²) in [7, 11) is 0. The van der Waals surface area contributed by atoms with Gasteiger partial charge in [-0.3, -0.25) is 20.6 Å². The monoisotopic (exact) mass is 339 g/mol. The van der Waals surface area contributed by atoms with E-state index >= 15 is 0 Å². The number of hydrazine groups is 1. The molecule has 0 unspecified atom stereocenters. The summed E-state index contributed by atoms with van der Waals surface area (Å²) in [6.45, 7) is 1.86. The number of hydrogen-bond donors (Lipinski definition) is 2. The number of carbonyl (C=O) groups is 1. The number of nitrogens with zero attached hydrogens (tertiary/aromatic N) is 3. The first kappa shape index (κ1) is 15.0. The third-order valence-corrected chi connectivity index (χ3v) is 5.30. The van der Waals surface area contributed by atoms with Crippen molar-refractivity contribution in [2.75, 3.05) is 5.43 Å². The van der Waals surface area contributed by atoms with Crippen molar-refractivity contribution < 1.29 is 4.79 Å². The van der Waals surface area contributed by atoms with Crippen LogP contribution >= 0.6 is 11.3 Å². The largest absolute Gasteiger partial charge is 0.288 e. The van der Waals surface area contributed by atoms with E-state index in [4.69, 9.17) is 0 Å². The van der Waals surface area contributed by atoms with Crippen LogP contribution in [0.4, 0.5) is 5.82 Å². The average Bonchev–Trinajstić information content (AvgIpc) is 2.98. The molecule has 0 saturated carbocycles. The maximum absolute atomic E-state index is 12.2. The zero-order valence-corrected chi connectivity index (χ0v) is 14.1. The molecule has 4 rings (SSSR count). The SMILES string of the molecule is Cc1nc(NNC(=O)c2ccccn2)c2c3c(sc2n1)CCCC3. The Morgan fingerprint density at radius 3 is 2.92 bits per heavy atom. The molecule has 1 amide bonds. The van der Waals surface area contributed by atoms with Gasteiger partial charge >= 0.3 is 0 Å². The molecule has 0 atom stereocenters. The van der Waals surface area contributed by atoms with Crippen molar-refractivity contribution in [3.05, 3.63) is 46.4 Å². The van der Waals surface area contributed by atoms with E-state index in [0.717, 1.165) is 23.1 Å². The Kier molecular flexibility index (Phi) is 3.86. The van der Waals surface area contributed by atoms with Crippen molar-refractivity contribution in [2.24, 2.45) is 0 Å². The smallest absolute Gasteiger partial charge is 0.281 e. The molecule has 0 spiro atoms. The van der Waals surface area contributed by atoms with E-state index in [-0.39, 0.29) is 5.91 Å². The van der Waals surface area contributed by atoms with Gasteiger partial charge in [0.15, 0.2) is 5.82 Å². The molecule has 3 aromatic heterocycles. The summed E-state index contributed by atoms with van der Waals surface area (Å²) in [5.41, 5.74) is 7.36.